The molecule has 0 radical (unpaired) electrons. The van der Waals surface area contributed by atoms with Crippen molar-refractivity contribution >= 4 is 17.7 Å². The molecule has 158 valence electrons. The zero-order valence-corrected chi connectivity index (χ0v) is 17.6. The fraction of sp³-hybridized carbons (Fsp3) is 0.375. The van der Waals surface area contributed by atoms with Gasteiger partial charge in [0.1, 0.15) is 0 Å². The lowest BCUT2D eigenvalue weighted by molar-refractivity contribution is -0.121. The molecule has 1 N–H and O–H groups in total. The number of rotatable bonds is 10. The van der Waals surface area contributed by atoms with Crippen LogP contribution < -0.4 is 5.32 Å². The highest BCUT2D eigenvalue weighted by Gasteiger charge is 2.34. The number of hydrogen-bond donors (Lipinski definition) is 1. The standard InChI is InChI=1S/C24H29N3O3/c1-3-26(4-2)21(18-11-6-5-7-12-18)17-25-22(28)15-10-16-27-23(29)19-13-8-9-14-20(19)24(27)30/h5-9,11-14,21H,3-4,10,15-17H2,1-2H3,(H,25,28)/t21-/m0/s1. The van der Waals surface area contributed by atoms with E-state index in [9.17, 15) is 14.4 Å². The van der Waals surface area contributed by atoms with Gasteiger partial charge in [0.05, 0.1) is 17.2 Å². The first-order chi connectivity index (χ1) is 14.6. The van der Waals surface area contributed by atoms with Crippen LogP contribution in [0.25, 0.3) is 0 Å². The number of nitrogens with one attached hydrogen (secondary N) is 1. The molecule has 0 saturated carbocycles. The third-order valence-corrected chi connectivity index (χ3v) is 5.59. The molecule has 2 aromatic carbocycles. The van der Waals surface area contributed by atoms with Gasteiger partial charge in [-0.3, -0.25) is 24.2 Å². The summed E-state index contributed by atoms with van der Waals surface area (Å²) in [5.41, 5.74) is 2.06. The molecule has 0 fully saturated rings. The number of amides is 3. The second-order valence-electron chi connectivity index (χ2n) is 7.36. The second-order valence-corrected chi connectivity index (χ2v) is 7.36. The normalized spacial score (nSPS) is 14.2. The van der Waals surface area contributed by atoms with Crippen molar-refractivity contribution < 1.29 is 14.4 Å². The summed E-state index contributed by atoms with van der Waals surface area (Å²) < 4.78 is 0. The van der Waals surface area contributed by atoms with Gasteiger partial charge in [0.15, 0.2) is 0 Å². The highest BCUT2D eigenvalue weighted by molar-refractivity contribution is 6.21. The summed E-state index contributed by atoms with van der Waals surface area (Å²) in [7, 11) is 0. The molecule has 3 rings (SSSR count). The molecule has 0 bridgehead atoms. The molecule has 0 saturated heterocycles. The van der Waals surface area contributed by atoms with Crippen molar-refractivity contribution in [1.29, 1.82) is 0 Å². The van der Waals surface area contributed by atoms with E-state index in [2.05, 4.69) is 36.2 Å². The van der Waals surface area contributed by atoms with Crippen LogP contribution in [0.3, 0.4) is 0 Å². The lowest BCUT2D eigenvalue weighted by Crippen LogP contribution is -2.38. The topological polar surface area (TPSA) is 69.7 Å². The fourth-order valence-corrected chi connectivity index (χ4v) is 3.94. The van der Waals surface area contributed by atoms with Crippen molar-refractivity contribution in [3.63, 3.8) is 0 Å². The summed E-state index contributed by atoms with van der Waals surface area (Å²) in [6, 6.07) is 17.1. The van der Waals surface area contributed by atoms with Crippen LogP contribution >= 0.6 is 0 Å². The number of likely N-dealkylation sites (N-methyl/N-ethyl adjacent to an activating group) is 1. The summed E-state index contributed by atoms with van der Waals surface area (Å²) in [6.07, 6.45) is 0.714. The van der Waals surface area contributed by atoms with E-state index in [4.69, 9.17) is 0 Å². The van der Waals surface area contributed by atoms with Crippen LogP contribution in [-0.2, 0) is 4.79 Å². The molecule has 6 nitrogen and oxygen atoms in total. The molecule has 0 aromatic heterocycles. The number of imide groups is 1. The lowest BCUT2D eigenvalue weighted by atomic mass is 10.0. The van der Waals surface area contributed by atoms with E-state index >= 15 is 0 Å². The zero-order chi connectivity index (χ0) is 21.5. The summed E-state index contributed by atoms with van der Waals surface area (Å²) >= 11 is 0. The Morgan fingerprint density at radius 3 is 2.07 bits per heavy atom. The van der Waals surface area contributed by atoms with E-state index in [1.54, 1.807) is 24.3 Å². The average molecular weight is 408 g/mol. The quantitative estimate of drug-likeness (QED) is 0.614. The van der Waals surface area contributed by atoms with E-state index < -0.39 is 0 Å². The molecule has 3 amide bonds. The molecule has 1 atom stereocenters. The van der Waals surface area contributed by atoms with Gasteiger partial charge < -0.3 is 5.32 Å². The molecule has 1 heterocycles. The minimum Gasteiger partial charge on any atom is -0.354 e. The minimum atomic E-state index is -0.276. The van der Waals surface area contributed by atoms with Crippen LogP contribution in [0.1, 0.15) is 59.0 Å². The molecule has 6 heteroatoms. The lowest BCUT2D eigenvalue weighted by Gasteiger charge is -2.30. The Bertz CT molecular complexity index is 859. The number of carbonyl (C=O) groups is 3. The molecule has 30 heavy (non-hydrogen) atoms. The number of hydrogen-bond acceptors (Lipinski definition) is 4. The number of benzene rings is 2. The SMILES string of the molecule is CCN(CC)[C@@H](CNC(=O)CCCN1C(=O)c2ccccc2C1=O)c1ccccc1. The molecule has 0 aliphatic carbocycles. The monoisotopic (exact) mass is 407 g/mol. The van der Waals surface area contributed by atoms with E-state index in [-0.39, 0.29) is 36.7 Å². The third kappa shape index (κ3) is 4.76. The second kappa shape index (κ2) is 10.2. The van der Waals surface area contributed by atoms with Crippen LogP contribution in [-0.4, -0.2) is 53.7 Å². The van der Waals surface area contributed by atoms with Crippen LogP contribution in [0.15, 0.2) is 54.6 Å². The smallest absolute Gasteiger partial charge is 0.261 e. The van der Waals surface area contributed by atoms with E-state index in [1.807, 2.05) is 18.2 Å². The van der Waals surface area contributed by atoms with Crippen LogP contribution in [0.4, 0.5) is 0 Å². The van der Waals surface area contributed by atoms with Crippen molar-refractivity contribution in [1.82, 2.24) is 15.1 Å². The van der Waals surface area contributed by atoms with Crippen molar-refractivity contribution in [2.75, 3.05) is 26.2 Å². The van der Waals surface area contributed by atoms with E-state index in [0.29, 0.717) is 24.1 Å². The Morgan fingerprint density at radius 2 is 1.50 bits per heavy atom. The van der Waals surface area contributed by atoms with Gasteiger partial charge in [-0.05, 0) is 37.2 Å². The van der Waals surface area contributed by atoms with Crippen LogP contribution in [0, 0.1) is 0 Å². The maximum Gasteiger partial charge on any atom is 0.261 e. The number of carbonyl (C=O) groups excluding carboxylic acids is 3. The Morgan fingerprint density at radius 1 is 0.933 bits per heavy atom. The van der Waals surface area contributed by atoms with Crippen LogP contribution in [0.2, 0.25) is 0 Å². The minimum absolute atomic E-state index is 0.0697. The van der Waals surface area contributed by atoms with Crippen molar-refractivity contribution in [2.45, 2.75) is 32.7 Å². The summed E-state index contributed by atoms with van der Waals surface area (Å²) in [6.45, 7) is 6.79. The Balaban J connectivity index is 1.51. The number of nitrogens with zero attached hydrogens (tertiary/aromatic N) is 2. The molecule has 1 aliphatic heterocycles. The van der Waals surface area contributed by atoms with Gasteiger partial charge in [0.25, 0.3) is 11.8 Å². The molecule has 0 unspecified atom stereocenters. The summed E-state index contributed by atoms with van der Waals surface area (Å²) in [4.78, 5) is 40.8. The largest absolute Gasteiger partial charge is 0.354 e. The first kappa shape index (κ1) is 21.7. The molecule has 1 aliphatic rings. The average Bonchev–Trinajstić information content (AvgIpc) is 3.02. The highest BCUT2D eigenvalue weighted by atomic mass is 16.2. The zero-order valence-electron chi connectivity index (χ0n) is 17.6. The highest BCUT2D eigenvalue weighted by Crippen LogP contribution is 2.23. The van der Waals surface area contributed by atoms with Gasteiger partial charge in [0, 0.05) is 19.5 Å². The predicted molar refractivity (Wildman–Crippen MR) is 116 cm³/mol. The Kier molecular flexibility index (Phi) is 7.36. The molecule has 0 spiro atoms. The van der Waals surface area contributed by atoms with Crippen molar-refractivity contribution in [2.24, 2.45) is 0 Å². The third-order valence-electron chi connectivity index (χ3n) is 5.59. The van der Waals surface area contributed by atoms with Gasteiger partial charge in [-0.25, -0.2) is 0 Å². The van der Waals surface area contributed by atoms with Crippen LogP contribution in [0.5, 0.6) is 0 Å². The Labute approximate surface area is 177 Å². The van der Waals surface area contributed by atoms with Gasteiger partial charge in [-0.2, -0.15) is 0 Å². The Hall–Kier alpha value is -2.99. The summed E-state index contributed by atoms with van der Waals surface area (Å²) in [5.74, 6) is -0.622. The van der Waals surface area contributed by atoms with Gasteiger partial charge >= 0.3 is 0 Å². The van der Waals surface area contributed by atoms with Crippen molar-refractivity contribution in [3.8, 4) is 0 Å². The van der Waals surface area contributed by atoms with Gasteiger partial charge in [-0.1, -0.05) is 56.3 Å². The molecular formula is C24H29N3O3. The first-order valence-corrected chi connectivity index (χ1v) is 10.6. The first-order valence-electron chi connectivity index (χ1n) is 10.6. The maximum absolute atomic E-state index is 12.4. The van der Waals surface area contributed by atoms with E-state index in [0.717, 1.165) is 13.1 Å². The predicted octanol–water partition coefficient (Wildman–Crippen LogP) is 3.26. The fourth-order valence-electron chi connectivity index (χ4n) is 3.94. The molecule has 2 aromatic rings. The van der Waals surface area contributed by atoms with Gasteiger partial charge in [-0.15, -0.1) is 0 Å². The maximum atomic E-state index is 12.4. The van der Waals surface area contributed by atoms with Crippen molar-refractivity contribution in [3.05, 3.63) is 71.3 Å². The van der Waals surface area contributed by atoms with Gasteiger partial charge in [0.2, 0.25) is 5.91 Å². The van der Waals surface area contributed by atoms with E-state index in [1.165, 1.54) is 10.5 Å². The molecular weight excluding hydrogens is 378 g/mol. The number of fused-ring (bicyclic) bond motifs is 1. The summed E-state index contributed by atoms with van der Waals surface area (Å²) in [5, 5.41) is 3.03.